The average Bonchev–Trinajstić information content (AvgIpc) is 2.96. The zero-order valence-corrected chi connectivity index (χ0v) is 12.7. The van der Waals surface area contributed by atoms with Crippen LogP contribution < -0.4 is 5.43 Å². The third-order valence-corrected chi connectivity index (χ3v) is 5.10. The monoisotopic (exact) mass is 308 g/mol. The molecule has 0 amide bonds. The summed E-state index contributed by atoms with van der Waals surface area (Å²) in [4.78, 5) is 15.8. The van der Waals surface area contributed by atoms with Crippen molar-refractivity contribution in [3.63, 3.8) is 0 Å². The SMILES string of the molecule is O=c1cccc2c1c1[nH]ccc3c4cccc5cccc(c54)n2c31. The van der Waals surface area contributed by atoms with Gasteiger partial charge < -0.3 is 9.38 Å². The summed E-state index contributed by atoms with van der Waals surface area (Å²) < 4.78 is 2.23. The topological polar surface area (TPSA) is 37.3 Å². The van der Waals surface area contributed by atoms with Crippen molar-refractivity contribution in [1.29, 1.82) is 0 Å². The molecule has 0 aliphatic rings. The number of benzene rings is 3. The molecule has 112 valence electrons. The van der Waals surface area contributed by atoms with E-state index in [0.717, 1.165) is 27.5 Å². The molecule has 1 N–H and O–H groups in total. The number of nitrogens with one attached hydrogen (secondary N) is 1. The van der Waals surface area contributed by atoms with E-state index in [2.05, 4.69) is 51.8 Å². The van der Waals surface area contributed by atoms with Crippen molar-refractivity contribution in [1.82, 2.24) is 9.38 Å². The summed E-state index contributed by atoms with van der Waals surface area (Å²) in [6.45, 7) is 0. The molecule has 0 saturated heterocycles. The van der Waals surface area contributed by atoms with Crippen LogP contribution in [0.1, 0.15) is 0 Å². The minimum absolute atomic E-state index is 0.0581. The molecule has 0 spiro atoms. The van der Waals surface area contributed by atoms with Gasteiger partial charge in [0.2, 0.25) is 0 Å². The second-order valence-electron chi connectivity index (χ2n) is 6.28. The lowest BCUT2D eigenvalue weighted by atomic mass is 10.0. The van der Waals surface area contributed by atoms with E-state index in [4.69, 9.17) is 0 Å². The quantitative estimate of drug-likeness (QED) is 0.321. The molecular weight excluding hydrogens is 296 g/mol. The lowest BCUT2D eigenvalue weighted by Crippen LogP contribution is -1.97. The van der Waals surface area contributed by atoms with Crippen LogP contribution in [0, 0.1) is 0 Å². The Morgan fingerprint density at radius 2 is 1.50 bits per heavy atom. The van der Waals surface area contributed by atoms with Gasteiger partial charge in [0.05, 0.1) is 27.5 Å². The summed E-state index contributed by atoms with van der Waals surface area (Å²) >= 11 is 0. The van der Waals surface area contributed by atoms with Crippen molar-refractivity contribution in [2.45, 2.75) is 0 Å². The molecule has 3 nitrogen and oxygen atoms in total. The normalized spacial score (nSPS) is 12.3. The first-order chi connectivity index (χ1) is 11.8. The van der Waals surface area contributed by atoms with Gasteiger partial charge in [0.1, 0.15) is 0 Å². The zero-order chi connectivity index (χ0) is 15.8. The number of H-pyrrole nitrogens is 1. The van der Waals surface area contributed by atoms with E-state index in [1.165, 1.54) is 21.5 Å². The number of aromatic amines is 1. The van der Waals surface area contributed by atoms with E-state index in [-0.39, 0.29) is 5.43 Å². The van der Waals surface area contributed by atoms with Crippen LogP contribution in [0.2, 0.25) is 0 Å². The Morgan fingerprint density at radius 1 is 0.750 bits per heavy atom. The largest absolute Gasteiger partial charge is 0.359 e. The predicted octanol–water partition coefficient (Wildman–Crippen LogP) is 4.68. The summed E-state index contributed by atoms with van der Waals surface area (Å²) in [6, 6.07) is 20.4. The molecule has 0 saturated carbocycles. The second-order valence-corrected chi connectivity index (χ2v) is 6.28. The van der Waals surface area contributed by atoms with Crippen LogP contribution in [0.3, 0.4) is 0 Å². The van der Waals surface area contributed by atoms with Gasteiger partial charge >= 0.3 is 0 Å². The van der Waals surface area contributed by atoms with Crippen LogP contribution in [0.25, 0.3) is 49.0 Å². The van der Waals surface area contributed by atoms with Crippen molar-refractivity contribution >= 4 is 49.0 Å². The van der Waals surface area contributed by atoms with Gasteiger partial charge in [0, 0.05) is 17.0 Å². The van der Waals surface area contributed by atoms with Crippen LogP contribution in [0.4, 0.5) is 0 Å². The standard InChI is InChI=1S/C21H12N2O/c24-17-9-3-8-16-19(17)20-21-14(10-11-22-20)13-6-1-4-12-5-2-7-15(18(12)13)23(16)21/h1-11,22H. The van der Waals surface area contributed by atoms with Gasteiger partial charge in [0.15, 0.2) is 5.43 Å². The molecule has 3 heterocycles. The highest BCUT2D eigenvalue weighted by Gasteiger charge is 2.18. The van der Waals surface area contributed by atoms with Crippen LogP contribution in [0.5, 0.6) is 0 Å². The molecule has 24 heavy (non-hydrogen) atoms. The molecule has 0 fully saturated rings. The number of fused-ring (bicyclic) bond motifs is 5. The fourth-order valence-electron chi connectivity index (χ4n) is 4.19. The molecule has 3 aromatic heterocycles. The van der Waals surface area contributed by atoms with E-state index in [1.54, 1.807) is 6.07 Å². The number of pyridine rings is 2. The first kappa shape index (κ1) is 12.1. The highest BCUT2D eigenvalue weighted by molar-refractivity contribution is 6.25. The van der Waals surface area contributed by atoms with E-state index < -0.39 is 0 Å². The molecule has 0 aliphatic heterocycles. The minimum atomic E-state index is 0.0581. The third kappa shape index (κ3) is 1.24. The van der Waals surface area contributed by atoms with Crippen LogP contribution in [0.15, 0.2) is 71.7 Å². The van der Waals surface area contributed by atoms with Crippen molar-refractivity contribution < 1.29 is 0 Å². The van der Waals surface area contributed by atoms with Crippen LogP contribution >= 0.6 is 0 Å². The Balaban J connectivity index is 2.18. The van der Waals surface area contributed by atoms with Crippen LogP contribution in [-0.4, -0.2) is 9.38 Å². The van der Waals surface area contributed by atoms with Crippen LogP contribution in [-0.2, 0) is 0 Å². The van der Waals surface area contributed by atoms with Crippen molar-refractivity contribution in [2.24, 2.45) is 0 Å². The summed E-state index contributed by atoms with van der Waals surface area (Å²) in [7, 11) is 0. The molecule has 6 rings (SSSR count). The molecule has 6 aromatic rings. The summed E-state index contributed by atoms with van der Waals surface area (Å²) in [5.74, 6) is 0. The highest BCUT2D eigenvalue weighted by Crippen LogP contribution is 2.38. The maximum Gasteiger partial charge on any atom is 0.190 e. The van der Waals surface area contributed by atoms with E-state index >= 15 is 0 Å². The maximum atomic E-state index is 12.5. The minimum Gasteiger partial charge on any atom is -0.359 e. The number of hydrogen-bond acceptors (Lipinski definition) is 1. The Labute approximate surface area is 136 Å². The fraction of sp³-hybridized carbons (Fsp3) is 0. The number of rotatable bonds is 0. The van der Waals surface area contributed by atoms with E-state index in [0.29, 0.717) is 0 Å². The van der Waals surface area contributed by atoms with Crippen molar-refractivity contribution in [3.8, 4) is 0 Å². The van der Waals surface area contributed by atoms with Gasteiger partial charge in [-0.25, -0.2) is 0 Å². The third-order valence-electron chi connectivity index (χ3n) is 5.10. The Morgan fingerprint density at radius 3 is 2.38 bits per heavy atom. The number of nitrogens with zero attached hydrogens (tertiary/aromatic N) is 1. The van der Waals surface area contributed by atoms with E-state index in [9.17, 15) is 4.79 Å². The Bertz CT molecular complexity index is 1460. The van der Waals surface area contributed by atoms with Gasteiger partial charge in [-0.05, 0) is 35.0 Å². The predicted molar refractivity (Wildman–Crippen MR) is 99.2 cm³/mol. The molecule has 3 heteroatoms. The van der Waals surface area contributed by atoms with Gasteiger partial charge in [-0.15, -0.1) is 0 Å². The van der Waals surface area contributed by atoms with Gasteiger partial charge in [0.25, 0.3) is 0 Å². The van der Waals surface area contributed by atoms with Crippen molar-refractivity contribution in [2.75, 3.05) is 0 Å². The van der Waals surface area contributed by atoms with E-state index in [1.807, 2.05) is 18.3 Å². The maximum absolute atomic E-state index is 12.5. The fourth-order valence-corrected chi connectivity index (χ4v) is 4.19. The number of hydrogen-bond donors (Lipinski definition) is 1. The second kappa shape index (κ2) is 3.95. The smallest absolute Gasteiger partial charge is 0.190 e. The van der Waals surface area contributed by atoms with Gasteiger partial charge in [-0.2, -0.15) is 0 Å². The summed E-state index contributed by atoms with van der Waals surface area (Å²) in [5, 5.41) is 5.62. The summed E-state index contributed by atoms with van der Waals surface area (Å²) in [6.07, 6.45) is 1.93. The first-order valence-corrected chi connectivity index (χ1v) is 8.02. The highest BCUT2D eigenvalue weighted by atomic mass is 16.1. The molecule has 0 radical (unpaired) electrons. The molecular formula is C21H12N2O. The Kier molecular flexibility index (Phi) is 2.00. The van der Waals surface area contributed by atoms with Gasteiger partial charge in [-0.1, -0.05) is 36.4 Å². The average molecular weight is 308 g/mol. The first-order valence-electron chi connectivity index (χ1n) is 8.02. The molecule has 0 aliphatic carbocycles. The molecule has 0 bridgehead atoms. The molecule has 0 unspecified atom stereocenters. The zero-order valence-electron chi connectivity index (χ0n) is 12.7. The summed E-state index contributed by atoms with van der Waals surface area (Å²) in [5.41, 5.74) is 4.16. The van der Waals surface area contributed by atoms with Gasteiger partial charge in [-0.3, -0.25) is 4.79 Å². The molecule has 0 atom stereocenters. The number of aromatic nitrogens is 2. The Hall–Kier alpha value is -3.33. The van der Waals surface area contributed by atoms with Crippen molar-refractivity contribution in [3.05, 3.63) is 77.1 Å². The lowest BCUT2D eigenvalue weighted by Gasteiger charge is -2.12. The lowest BCUT2D eigenvalue weighted by molar-refractivity contribution is 1.33. The molecule has 3 aromatic carbocycles.